The Balaban J connectivity index is 1.65. The van der Waals surface area contributed by atoms with Crippen LogP contribution in [0.4, 0.5) is 0 Å². The van der Waals surface area contributed by atoms with E-state index in [2.05, 4.69) is 10.2 Å². The first-order chi connectivity index (χ1) is 8.22. The Morgan fingerprint density at radius 3 is 2.71 bits per heavy atom. The van der Waals surface area contributed by atoms with E-state index < -0.39 is 0 Å². The van der Waals surface area contributed by atoms with E-state index in [0.29, 0.717) is 12.0 Å². The van der Waals surface area contributed by atoms with Crippen molar-refractivity contribution in [1.82, 2.24) is 10.2 Å². The molecule has 1 atom stereocenters. The Labute approximate surface area is 106 Å². The molecule has 2 bridgehead atoms. The van der Waals surface area contributed by atoms with Crippen LogP contribution in [-0.2, 0) is 0 Å². The molecule has 3 fully saturated rings. The topological polar surface area (TPSA) is 32.3 Å². The van der Waals surface area contributed by atoms with Crippen molar-refractivity contribution in [3.63, 3.8) is 0 Å². The Hall–Kier alpha value is -0.870. The van der Waals surface area contributed by atoms with Crippen molar-refractivity contribution in [2.75, 3.05) is 19.6 Å². The maximum absolute atomic E-state index is 12.1. The molecule has 3 saturated heterocycles. The van der Waals surface area contributed by atoms with Crippen molar-refractivity contribution in [2.45, 2.75) is 25.8 Å². The largest absolute Gasteiger partial charge is 0.347 e. The number of piperidine rings is 3. The lowest BCUT2D eigenvalue weighted by Crippen LogP contribution is -2.57. The van der Waals surface area contributed by atoms with E-state index in [1.807, 2.05) is 19.1 Å². The monoisotopic (exact) mass is 250 g/mol. The van der Waals surface area contributed by atoms with Gasteiger partial charge in [0.25, 0.3) is 5.91 Å². The lowest BCUT2D eigenvalue weighted by Gasteiger charge is -2.44. The summed E-state index contributed by atoms with van der Waals surface area (Å²) in [4.78, 5) is 16.6. The van der Waals surface area contributed by atoms with E-state index in [1.54, 1.807) is 11.3 Å². The summed E-state index contributed by atoms with van der Waals surface area (Å²) < 4.78 is 0. The maximum Gasteiger partial charge on any atom is 0.261 e. The standard InChI is InChI=1S/C13H18N2OS/c1-9-2-3-12(17-9)13(16)14-11-8-15-6-4-10(11)5-7-15/h2-3,10-11H,4-8H2,1H3,(H,14,16). The van der Waals surface area contributed by atoms with Gasteiger partial charge in [0.15, 0.2) is 0 Å². The van der Waals surface area contributed by atoms with Gasteiger partial charge in [-0.25, -0.2) is 0 Å². The van der Waals surface area contributed by atoms with Gasteiger partial charge in [-0.2, -0.15) is 0 Å². The molecule has 0 radical (unpaired) electrons. The van der Waals surface area contributed by atoms with Crippen molar-refractivity contribution in [3.8, 4) is 0 Å². The fourth-order valence-corrected chi connectivity index (χ4v) is 3.70. The smallest absolute Gasteiger partial charge is 0.261 e. The number of carbonyl (C=O) groups is 1. The minimum absolute atomic E-state index is 0.113. The van der Waals surface area contributed by atoms with E-state index >= 15 is 0 Å². The second-order valence-electron chi connectivity index (χ2n) is 5.13. The quantitative estimate of drug-likeness (QED) is 0.869. The van der Waals surface area contributed by atoms with Gasteiger partial charge < -0.3 is 10.2 Å². The molecule has 1 aromatic rings. The molecule has 0 aliphatic carbocycles. The summed E-state index contributed by atoms with van der Waals surface area (Å²) in [6.07, 6.45) is 2.49. The first kappa shape index (κ1) is 11.2. The lowest BCUT2D eigenvalue weighted by molar-refractivity contribution is 0.0622. The van der Waals surface area contributed by atoms with Gasteiger partial charge in [0.2, 0.25) is 0 Å². The summed E-state index contributed by atoms with van der Waals surface area (Å²) in [7, 11) is 0. The number of amides is 1. The second kappa shape index (κ2) is 4.42. The molecule has 4 rings (SSSR count). The van der Waals surface area contributed by atoms with Crippen molar-refractivity contribution >= 4 is 17.2 Å². The van der Waals surface area contributed by atoms with Gasteiger partial charge in [-0.1, -0.05) is 0 Å². The Kier molecular flexibility index (Phi) is 2.92. The highest BCUT2D eigenvalue weighted by molar-refractivity contribution is 7.13. The molecule has 3 aliphatic heterocycles. The number of fused-ring (bicyclic) bond motifs is 3. The van der Waals surface area contributed by atoms with Crippen LogP contribution in [0.15, 0.2) is 12.1 Å². The van der Waals surface area contributed by atoms with E-state index in [-0.39, 0.29) is 5.91 Å². The fourth-order valence-electron chi connectivity index (χ4n) is 2.92. The molecule has 4 heteroatoms. The highest BCUT2D eigenvalue weighted by Crippen LogP contribution is 2.28. The van der Waals surface area contributed by atoms with Crippen molar-refractivity contribution in [3.05, 3.63) is 21.9 Å². The zero-order valence-electron chi connectivity index (χ0n) is 10.1. The summed E-state index contributed by atoms with van der Waals surface area (Å²) in [6.45, 7) is 5.51. The van der Waals surface area contributed by atoms with Crippen LogP contribution >= 0.6 is 11.3 Å². The molecule has 92 valence electrons. The number of aryl methyl sites for hydroxylation is 1. The molecule has 3 aliphatic rings. The molecule has 3 nitrogen and oxygen atoms in total. The zero-order chi connectivity index (χ0) is 11.8. The molecule has 1 amide bonds. The number of nitrogens with one attached hydrogen (secondary N) is 1. The highest BCUT2D eigenvalue weighted by Gasteiger charge is 2.34. The molecule has 1 unspecified atom stereocenters. The molecular formula is C13H18N2OS. The molecule has 1 N–H and O–H groups in total. The van der Waals surface area contributed by atoms with Crippen LogP contribution in [0.2, 0.25) is 0 Å². The molecule has 1 aromatic heterocycles. The van der Waals surface area contributed by atoms with Gasteiger partial charge >= 0.3 is 0 Å². The highest BCUT2D eigenvalue weighted by atomic mass is 32.1. The summed E-state index contributed by atoms with van der Waals surface area (Å²) in [5.74, 6) is 0.812. The molecule has 17 heavy (non-hydrogen) atoms. The number of rotatable bonds is 2. The molecular weight excluding hydrogens is 232 g/mol. The van der Waals surface area contributed by atoms with Gasteiger partial charge in [-0.15, -0.1) is 11.3 Å². The molecule has 0 saturated carbocycles. The van der Waals surface area contributed by atoms with Gasteiger partial charge in [-0.3, -0.25) is 4.79 Å². The average Bonchev–Trinajstić information content (AvgIpc) is 2.77. The fraction of sp³-hybridized carbons (Fsp3) is 0.615. The van der Waals surface area contributed by atoms with Crippen molar-refractivity contribution in [1.29, 1.82) is 0 Å². The summed E-state index contributed by atoms with van der Waals surface area (Å²) in [5.41, 5.74) is 0. The average molecular weight is 250 g/mol. The summed E-state index contributed by atoms with van der Waals surface area (Å²) in [6, 6.07) is 4.31. The zero-order valence-corrected chi connectivity index (χ0v) is 10.9. The van der Waals surface area contributed by atoms with Crippen LogP contribution in [0.1, 0.15) is 27.4 Å². The van der Waals surface area contributed by atoms with Crippen LogP contribution in [0, 0.1) is 12.8 Å². The Morgan fingerprint density at radius 2 is 2.18 bits per heavy atom. The molecule has 4 heterocycles. The third-order valence-corrected chi connectivity index (χ3v) is 4.94. The number of nitrogens with zero attached hydrogens (tertiary/aromatic N) is 1. The van der Waals surface area contributed by atoms with Gasteiger partial charge in [0.1, 0.15) is 0 Å². The van der Waals surface area contributed by atoms with E-state index in [0.717, 1.165) is 11.4 Å². The van der Waals surface area contributed by atoms with E-state index in [9.17, 15) is 4.79 Å². The van der Waals surface area contributed by atoms with Crippen LogP contribution < -0.4 is 5.32 Å². The van der Waals surface area contributed by atoms with Crippen LogP contribution in [-0.4, -0.2) is 36.5 Å². The van der Waals surface area contributed by atoms with E-state index in [4.69, 9.17) is 0 Å². The van der Waals surface area contributed by atoms with Crippen LogP contribution in [0.3, 0.4) is 0 Å². The minimum atomic E-state index is 0.113. The van der Waals surface area contributed by atoms with Crippen molar-refractivity contribution < 1.29 is 4.79 Å². The van der Waals surface area contributed by atoms with Gasteiger partial charge in [0.05, 0.1) is 4.88 Å². The van der Waals surface area contributed by atoms with Crippen LogP contribution in [0.25, 0.3) is 0 Å². The first-order valence-electron chi connectivity index (χ1n) is 6.32. The Morgan fingerprint density at radius 1 is 1.41 bits per heavy atom. The number of hydrogen-bond acceptors (Lipinski definition) is 3. The predicted octanol–water partition coefficient (Wildman–Crippen LogP) is 1.88. The minimum Gasteiger partial charge on any atom is -0.347 e. The predicted molar refractivity (Wildman–Crippen MR) is 69.5 cm³/mol. The van der Waals surface area contributed by atoms with Crippen molar-refractivity contribution in [2.24, 2.45) is 5.92 Å². The number of thiophene rings is 1. The number of hydrogen-bond donors (Lipinski definition) is 1. The number of carbonyl (C=O) groups excluding carboxylic acids is 1. The van der Waals surface area contributed by atoms with Gasteiger partial charge in [0, 0.05) is 17.5 Å². The normalized spacial score (nSPS) is 31.5. The second-order valence-corrected chi connectivity index (χ2v) is 6.42. The first-order valence-corrected chi connectivity index (χ1v) is 7.13. The van der Waals surface area contributed by atoms with Gasteiger partial charge in [-0.05, 0) is 50.9 Å². The summed E-state index contributed by atoms with van der Waals surface area (Å²) >= 11 is 1.58. The van der Waals surface area contributed by atoms with E-state index in [1.165, 1.54) is 30.8 Å². The molecule has 0 spiro atoms. The molecule has 0 aromatic carbocycles. The Bertz CT molecular complexity index is 421. The third kappa shape index (κ3) is 2.24. The van der Waals surface area contributed by atoms with Crippen LogP contribution in [0.5, 0.6) is 0 Å². The SMILES string of the molecule is Cc1ccc(C(=O)NC2CN3CCC2CC3)s1. The third-order valence-electron chi connectivity index (χ3n) is 3.94. The lowest BCUT2D eigenvalue weighted by atomic mass is 9.84. The maximum atomic E-state index is 12.1. The summed E-state index contributed by atoms with van der Waals surface area (Å²) in [5, 5.41) is 3.21.